The normalized spacial score (nSPS) is 21.2. The van der Waals surface area contributed by atoms with E-state index < -0.39 is 12.0 Å². The summed E-state index contributed by atoms with van der Waals surface area (Å²) in [6.45, 7) is 0.546. The number of rotatable bonds is 1. The van der Waals surface area contributed by atoms with Crippen molar-refractivity contribution >= 4 is 5.97 Å². The number of imidazole rings is 1. The Balaban J connectivity index is 2.25. The average molecular weight is 180 g/mol. The summed E-state index contributed by atoms with van der Waals surface area (Å²) >= 11 is 0. The number of fused-ring (bicyclic) bond motifs is 1. The summed E-state index contributed by atoms with van der Waals surface area (Å²) in [6, 6.07) is -0.595. The Bertz CT molecular complexity index is 345. The number of aliphatic carboxylic acids is 1. The second-order valence-electron chi connectivity index (χ2n) is 3.21. The van der Waals surface area contributed by atoms with Gasteiger partial charge >= 0.3 is 0 Å². The predicted octanol–water partition coefficient (Wildman–Crippen LogP) is -1.82. The maximum atomic E-state index is 10.6. The topological polar surface area (TPSA) is 70.0 Å². The number of nitrogens with zero attached hydrogens (tertiary/aromatic N) is 2. The first-order valence-electron chi connectivity index (χ1n) is 4.12. The molecule has 70 valence electrons. The van der Waals surface area contributed by atoms with Gasteiger partial charge < -0.3 is 19.8 Å². The van der Waals surface area contributed by atoms with E-state index in [1.807, 2.05) is 11.6 Å². The molecule has 0 radical (unpaired) electrons. The highest BCUT2D eigenvalue weighted by Gasteiger charge is 2.21. The van der Waals surface area contributed by atoms with Crippen LogP contribution in [0.3, 0.4) is 0 Å². The van der Waals surface area contributed by atoms with Crippen LogP contribution in [-0.4, -0.2) is 21.6 Å². The molecule has 0 aliphatic carbocycles. The standard InChI is InChI=1S/C8H11N3O2/c1-11-4-10-5-2-6(8(12)13)9-3-7(5)11/h4,6,9H,2-3H2,1H3,(H,12,13)/p-1. The Morgan fingerprint density at radius 2 is 2.62 bits per heavy atom. The van der Waals surface area contributed by atoms with Crippen molar-refractivity contribution < 1.29 is 9.90 Å². The Morgan fingerprint density at radius 3 is 3.31 bits per heavy atom. The highest BCUT2D eigenvalue weighted by molar-refractivity contribution is 5.72. The van der Waals surface area contributed by atoms with Crippen LogP contribution in [0.4, 0.5) is 0 Å². The van der Waals surface area contributed by atoms with Crippen molar-refractivity contribution in [2.75, 3.05) is 0 Å². The van der Waals surface area contributed by atoms with Crippen molar-refractivity contribution in [3.05, 3.63) is 17.7 Å². The Kier molecular flexibility index (Phi) is 1.81. The van der Waals surface area contributed by atoms with Crippen molar-refractivity contribution in [1.29, 1.82) is 0 Å². The summed E-state index contributed by atoms with van der Waals surface area (Å²) in [7, 11) is 1.90. The van der Waals surface area contributed by atoms with Crippen molar-refractivity contribution in [3.8, 4) is 0 Å². The van der Waals surface area contributed by atoms with Crippen LogP contribution in [0, 0.1) is 0 Å². The Morgan fingerprint density at radius 1 is 1.85 bits per heavy atom. The lowest BCUT2D eigenvalue weighted by Crippen LogP contribution is -2.49. The smallest absolute Gasteiger partial charge is 0.0949 e. The van der Waals surface area contributed by atoms with E-state index in [9.17, 15) is 9.90 Å². The van der Waals surface area contributed by atoms with Gasteiger partial charge in [0.05, 0.1) is 29.7 Å². The maximum absolute atomic E-state index is 10.6. The highest BCUT2D eigenvalue weighted by Crippen LogP contribution is 2.13. The molecule has 1 aromatic heterocycles. The Hall–Kier alpha value is -1.36. The van der Waals surface area contributed by atoms with Crippen LogP contribution in [0.5, 0.6) is 0 Å². The van der Waals surface area contributed by atoms with E-state index >= 15 is 0 Å². The summed E-state index contributed by atoms with van der Waals surface area (Å²) in [5.74, 6) is -1.06. The molecule has 0 saturated heterocycles. The van der Waals surface area contributed by atoms with Crippen molar-refractivity contribution in [2.24, 2.45) is 7.05 Å². The highest BCUT2D eigenvalue weighted by atomic mass is 16.4. The van der Waals surface area contributed by atoms with E-state index in [0.29, 0.717) is 13.0 Å². The molecule has 2 heterocycles. The molecular weight excluding hydrogens is 170 g/mol. The molecular formula is C8H10N3O2-. The van der Waals surface area contributed by atoms with Crippen LogP contribution in [0.25, 0.3) is 0 Å². The second kappa shape index (κ2) is 2.85. The van der Waals surface area contributed by atoms with Crippen LogP contribution in [0.2, 0.25) is 0 Å². The van der Waals surface area contributed by atoms with Gasteiger partial charge in [-0.15, -0.1) is 0 Å². The van der Waals surface area contributed by atoms with E-state index in [1.165, 1.54) is 0 Å². The van der Waals surface area contributed by atoms with E-state index in [0.717, 1.165) is 11.4 Å². The minimum Gasteiger partial charge on any atom is -0.548 e. The van der Waals surface area contributed by atoms with Gasteiger partial charge in [-0.25, -0.2) is 4.98 Å². The zero-order chi connectivity index (χ0) is 9.42. The first-order valence-corrected chi connectivity index (χ1v) is 4.12. The number of carbonyl (C=O) groups is 1. The number of aryl methyl sites for hydroxylation is 1. The zero-order valence-corrected chi connectivity index (χ0v) is 7.28. The average Bonchev–Trinajstić information content (AvgIpc) is 2.47. The number of carboxylic acids is 1. The number of carboxylic acid groups (broad SMARTS) is 1. The lowest BCUT2D eigenvalue weighted by atomic mass is 10.1. The molecule has 1 aliphatic heterocycles. The predicted molar refractivity (Wildman–Crippen MR) is 42.5 cm³/mol. The molecule has 1 aromatic rings. The van der Waals surface area contributed by atoms with Crippen molar-refractivity contribution in [3.63, 3.8) is 0 Å². The molecule has 0 aromatic carbocycles. The molecule has 0 spiro atoms. The monoisotopic (exact) mass is 180 g/mol. The van der Waals surface area contributed by atoms with Crippen molar-refractivity contribution in [2.45, 2.75) is 19.0 Å². The summed E-state index contributed by atoms with van der Waals surface area (Å²) < 4.78 is 1.90. The summed E-state index contributed by atoms with van der Waals surface area (Å²) in [5.41, 5.74) is 1.91. The van der Waals surface area contributed by atoms with Gasteiger partial charge in [-0.2, -0.15) is 0 Å². The zero-order valence-electron chi connectivity index (χ0n) is 7.28. The maximum Gasteiger partial charge on any atom is 0.0949 e. The largest absolute Gasteiger partial charge is 0.548 e. The number of hydrogen-bond acceptors (Lipinski definition) is 4. The molecule has 5 heteroatoms. The first-order chi connectivity index (χ1) is 6.18. The fourth-order valence-electron chi connectivity index (χ4n) is 1.55. The minimum atomic E-state index is -1.06. The van der Waals surface area contributed by atoms with Gasteiger partial charge in [-0.3, -0.25) is 0 Å². The van der Waals surface area contributed by atoms with E-state index in [-0.39, 0.29) is 0 Å². The van der Waals surface area contributed by atoms with Gasteiger partial charge in [0, 0.05) is 20.0 Å². The number of nitrogens with one attached hydrogen (secondary N) is 1. The molecule has 0 fully saturated rings. The SMILES string of the molecule is Cn1cnc2c1CNC(C(=O)[O-])C2. The van der Waals surface area contributed by atoms with Crippen LogP contribution >= 0.6 is 0 Å². The lowest BCUT2D eigenvalue weighted by molar-refractivity contribution is -0.308. The summed E-state index contributed by atoms with van der Waals surface area (Å²) in [4.78, 5) is 14.7. The third-order valence-corrected chi connectivity index (χ3v) is 2.34. The van der Waals surface area contributed by atoms with E-state index in [1.54, 1.807) is 6.33 Å². The molecule has 2 rings (SSSR count). The quantitative estimate of drug-likeness (QED) is 0.552. The number of carbonyl (C=O) groups excluding carboxylic acids is 1. The van der Waals surface area contributed by atoms with Gasteiger partial charge in [0.15, 0.2) is 0 Å². The Labute approximate surface area is 75.4 Å². The third-order valence-electron chi connectivity index (χ3n) is 2.34. The molecule has 1 aliphatic rings. The van der Waals surface area contributed by atoms with Crippen LogP contribution in [0.1, 0.15) is 11.4 Å². The number of aromatic nitrogens is 2. The first kappa shape index (κ1) is 8.25. The van der Waals surface area contributed by atoms with Crippen LogP contribution < -0.4 is 10.4 Å². The fourth-order valence-corrected chi connectivity index (χ4v) is 1.55. The van der Waals surface area contributed by atoms with Crippen molar-refractivity contribution in [1.82, 2.24) is 14.9 Å². The molecule has 5 nitrogen and oxygen atoms in total. The van der Waals surface area contributed by atoms with Gasteiger partial charge in [0.1, 0.15) is 0 Å². The van der Waals surface area contributed by atoms with E-state index in [2.05, 4.69) is 10.3 Å². The molecule has 1 N–H and O–H groups in total. The molecule has 13 heavy (non-hydrogen) atoms. The fraction of sp³-hybridized carbons (Fsp3) is 0.500. The molecule has 0 amide bonds. The van der Waals surface area contributed by atoms with Gasteiger partial charge in [-0.05, 0) is 0 Å². The third kappa shape index (κ3) is 1.31. The molecule has 1 atom stereocenters. The van der Waals surface area contributed by atoms with Crippen LogP contribution in [-0.2, 0) is 24.8 Å². The minimum absolute atomic E-state index is 0.415. The lowest BCUT2D eigenvalue weighted by Gasteiger charge is -2.24. The number of hydrogen-bond donors (Lipinski definition) is 1. The molecule has 1 unspecified atom stereocenters. The van der Waals surface area contributed by atoms with Gasteiger partial charge in [-0.1, -0.05) is 0 Å². The molecule has 0 saturated carbocycles. The van der Waals surface area contributed by atoms with Crippen LogP contribution in [0.15, 0.2) is 6.33 Å². The second-order valence-corrected chi connectivity index (χ2v) is 3.21. The van der Waals surface area contributed by atoms with E-state index in [4.69, 9.17) is 0 Å². The summed E-state index contributed by atoms with van der Waals surface area (Å²) in [6.07, 6.45) is 2.11. The summed E-state index contributed by atoms with van der Waals surface area (Å²) in [5, 5.41) is 13.4. The molecule has 0 bridgehead atoms. The van der Waals surface area contributed by atoms with Gasteiger partial charge in [0.25, 0.3) is 0 Å². The van der Waals surface area contributed by atoms with Gasteiger partial charge in [0.2, 0.25) is 0 Å².